The van der Waals surface area contributed by atoms with Crippen molar-refractivity contribution >= 4 is 34.4 Å². The summed E-state index contributed by atoms with van der Waals surface area (Å²) in [7, 11) is 0. The van der Waals surface area contributed by atoms with E-state index in [2.05, 4.69) is 10.3 Å². The summed E-state index contributed by atoms with van der Waals surface area (Å²) < 4.78 is 10.5. The second-order valence-corrected chi connectivity index (χ2v) is 6.49. The van der Waals surface area contributed by atoms with Gasteiger partial charge in [0.1, 0.15) is 11.2 Å². The van der Waals surface area contributed by atoms with E-state index in [1.54, 1.807) is 26.0 Å². The first-order chi connectivity index (χ1) is 13.8. The minimum Gasteiger partial charge on any atom is -0.456 e. The van der Waals surface area contributed by atoms with E-state index in [4.69, 9.17) is 9.15 Å². The first-order valence-corrected chi connectivity index (χ1v) is 8.89. The Bertz CT molecular complexity index is 1060. The summed E-state index contributed by atoms with van der Waals surface area (Å²) in [5.41, 5.74) is 2.70. The van der Waals surface area contributed by atoms with Gasteiger partial charge in [0.25, 0.3) is 11.6 Å². The standard InChI is InChI=1S/C20H19N3O6/c1-12-9-15(16(23(26)27)10-13(12)2)21-18(24)11-28-20(25)8-7-19-22-14-5-3-4-6-17(14)29-19/h3-6,9-10H,7-8,11H2,1-2H3,(H,21,24). The number of carbonyl (C=O) groups is 2. The monoisotopic (exact) mass is 397 g/mol. The van der Waals surface area contributed by atoms with Crippen LogP contribution in [-0.2, 0) is 20.7 Å². The minimum absolute atomic E-state index is 0.0100. The summed E-state index contributed by atoms with van der Waals surface area (Å²) in [5.74, 6) is -0.859. The largest absolute Gasteiger partial charge is 0.456 e. The molecule has 150 valence electrons. The van der Waals surface area contributed by atoms with Gasteiger partial charge in [-0.05, 0) is 43.2 Å². The molecular formula is C20H19N3O6. The molecule has 0 spiro atoms. The van der Waals surface area contributed by atoms with Crippen LogP contribution in [0, 0.1) is 24.0 Å². The fourth-order valence-corrected chi connectivity index (χ4v) is 2.69. The van der Waals surface area contributed by atoms with Crippen molar-refractivity contribution in [3.8, 4) is 0 Å². The summed E-state index contributed by atoms with van der Waals surface area (Å²) >= 11 is 0. The maximum atomic E-state index is 12.0. The van der Waals surface area contributed by atoms with E-state index in [0.717, 1.165) is 11.1 Å². The van der Waals surface area contributed by atoms with Crippen molar-refractivity contribution in [2.75, 3.05) is 11.9 Å². The van der Waals surface area contributed by atoms with Gasteiger partial charge in [-0.3, -0.25) is 19.7 Å². The lowest BCUT2D eigenvalue weighted by Crippen LogP contribution is -2.21. The van der Waals surface area contributed by atoms with Crippen LogP contribution < -0.4 is 5.32 Å². The number of aromatic nitrogens is 1. The predicted octanol–water partition coefficient (Wildman–Crippen LogP) is 3.47. The van der Waals surface area contributed by atoms with Crippen LogP contribution in [0.4, 0.5) is 11.4 Å². The number of hydrogen-bond donors (Lipinski definition) is 1. The van der Waals surface area contributed by atoms with Crippen molar-refractivity contribution in [3.63, 3.8) is 0 Å². The Morgan fingerprint density at radius 1 is 1.21 bits per heavy atom. The van der Waals surface area contributed by atoms with Crippen molar-refractivity contribution in [1.29, 1.82) is 0 Å². The molecule has 1 heterocycles. The molecule has 29 heavy (non-hydrogen) atoms. The number of nitro benzene ring substituents is 1. The molecule has 0 saturated carbocycles. The van der Waals surface area contributed by atoms with E-state index >= 15 is 0 Å². The third kappa shape index (κ3) is 4.95. The maximum absolute atomic E-state index is 12.0. The van der Waals surface area contributed by atoms with Crippen LogP contribution in [0.5, 0.6) is 0 Å². The molecule has 0 aliphatic carbocycles. The Hall–Kier alpha value is -3.75. The van der Waals surface area contributed by atoms with Gasteiger partial charge in [0.2, 0.25) is 0 Å². The van der Waals surface area contributed by atoms with Gasteiger partial charge in [0.05, 0.1) is 11.3 Å². The van der Waals surface area contributed by atoms with Crippen LogP contribution in [0.25, 0.3) is 11.1 Å². The molecular weight excluding hydrogens is 378 g/mol. The fraction of sp³-hybridized carbons (Fsp3) is 0.250. The molecule has 1 aromatic heterocycles. The van der Waals surface area contributed by atoms with E-state index in [9.17, 15) is 19.7 Å². The number of anilines is 1. The van der Waals surface area contributed by atoms with Crippen LogP contribution in [0.1, 0.15) is 23.4 Å². The number of esters is 1. The molecule has 0 aliphatic heterocycles. The number of rotatable bonds is 7. The van der Waals surface area contributed by atoms with Gasteiger partial charge in [0.15, 0.2) is 18.1 Å². The number of nitro groups is 1. The summed E-state index contributed by atoms with van der Waals surface area (Å²) in [6.07, 6.45) is 0.224. The predicted molar refractivity (Wildman–Crippen MR) is 104 cm³/mol. The fourth-order valence-electron chi connectivity index (χ4n) is 2.69. The average molecular weight is 397 g/mol. The number of benzene rings is 2. The van der Waals surface area contributed by atoms with Gasteiger partial charge in [0, 0.05) is 12.5 Å². The zero-order valence-electron chi connectivity index (χ0n) is 15.9. The van der Waals surface area contributed by atoms with Crippen molar-refractivity contribution in [2.45, 2.75) is 26.7 Å². The number of nitrogens with one attached hydrogen (secondary N) is 1. The number of fused-ring (bicyclic) bond motifs is 1. The third-order valence-electron chi connectivity index (χ3n) is 4.33. The SMILES string of the molecule is Cc1cc(NC(=O)COC(=O)CCc2nc3ccccc3o2)c([N+](=O)[O-])cc1C. The number of aryl methyl sites for hydroxylation is 3. The number of hydrogen-bond acceptors (Lipinski definition) is 7. The first kappa shape index (κ1) is 20.0. The highest BCUT2D eigenvalue weighted by Gasteiger charge is 2.18. The van der Waals surface area contributed by atoms with E-state index in [0.29, 0.717) is 17.0 Å². The van der Waals surface area contributed by atoms with E-state index in [-0.39, 0.29) is 24.2 Å². The number of ether oxygens (including phenoxy) is 1. The Morgan fingerprint density at radius 2 is 1.93 bits per heavy atom. The smallest absolute Gasteiger partial charge is 0.306 e. The molecule has 3 aromatic rings. The number of para-hydroxylation sites is 2. The van der Waals surface area contributed by atoms with Crippen LogP contribution in [0.2, 0.25) is 0 Å². The van der Waals surface area contributed by atoms with E-state index in [1.807, 2.05) is 12.1 Å². The molecule has 0 fully saturated rings. The second-order valence-electron chi connectivity index (χ2n) is 6.49. The highest BCUT2D eigenvalue weighted by molar-refractivity contribution is 5.95. The quantitative estimate of drug-likeness (QED) is 0.368. The van der Waals surface area contributed by atoms with Crippen molar-refractivity contribution in [3.05, 3.63) is 63.5 Å². The Kier molecular flexibility index (Phi) is 5.87. The second kappa shape index (κ2) is 8.51. The summed E-state index contributed by atoms with van der Waals surface area (Å²) in [6, 6.07) is 10.1. The molecule has 0 saturated heterocycles. The molecule has 0 bridgehead atoms. The highest BCUT2D eigenvalue weighted by Crippen LogP contribution is 2.27. The van der Waals surface area contributed by atoms with Gasteiger partial charge >= 0.3 is 5.97 Å². The lowest BCUT2D eigenvalue weighted by atomic mass is 10.1. The lowest BCUT2D eigenvalue weighted by molar-refractivity contribution is -0.384. The third-order valence-corrected chi connectivity index (χ3v) is 4.33. The average Bonchev–Trinajstić information content (AvgIpc) is 3.10. The summed E-state index contributed by atoms with van der Waals surface area (Å²) in [4.78, 5) is 38.8. The van der Waals surface area contributed by atoms with Crippen LogP contribution in [0.15, 0.2) is 40.8 Å². The zero-order chi connectivity index (χ0) is 21.0. The normalized spacial score (nSPS) is 10.7. The zero-order valence-corrected chi connectivity index (χ0v) is 15.9. The Labute approximate surface area is 165 Å². The molecule has 1 amide bonds. The molecule has 0 atom stereocenters. The van der Waals surface area contributed by atoms with Gasteiger partial charge in [-0.1, -0.05) is 12.1 Å². The van der Waals surface area contributed by atoms with Gasteiger partial charge in [-0.15, -0.1) is 0 Å². The van der Waals surface area contributed by atoms with Crippen LogP contribution in [-0.4, -0.2) is 28.4 Å². The number of carbonyl (C=O) groups excluding carboxylic acids is 2. The molecule has 9 nitrogen and oxygen atoms in total. The summed E-state index contributed by atoms with van der Waals surface area (Å²) in [6.45, 7) is 2.98. The van der Waals surface area contributed by atoms with Gasteiger partial charge in [-0.2, -0.15) is 0 Å². The number of amides is 1. The minimum atomic E-state index is -0.661. The topological polar surface area (TPSA) is 125 Å². The molecule has 9 heteroatoms. The van der Waals surface area contributed by atoms with Crippen molar-refractivity contribution in [1.82, 2.24) is 4.98 Å². The molecule has 0 aliphatic rings. The molecule has 0 radical (unpaired) electrons. The van der Waals surface area contributed by atoms with Crippen molar-refractivity contribution in [2.24, 2.45) is 0 Å². The van der Waals surface area contributed by atoms with Gasteiger partial charge in [-0.25, -0.2) is 4.98 Å². The van der Waals surface area contributed by atoms with Crippen molar-refractivity contribution < 1.29 is 23.7 Å². The Balaban J connectivity index is 1.52. The number of nitrogens with zero attached hydrogens (tertiary/aromatic N) is 2. The first-order valence-electron chi connectivity index (χ1n) is 8.89. The Morgan fingerprint density at radius 3 is 2.66 bits per heavy atom. The molecule has 0 unspecified atom stereocenters. The maximum Gasteiger partial charge on any atom is 0.306 e. The van der Waals surface area contributed by atoms with Crippen LogP contribution in [0.3, 0.4) is 0 Å². The number of oxazole rings is 1. The molecule has 1 N–H and O–H groups in total. The van der Waals surface area contributed by atoms with Crippen LogP contribution >= 0.6 is 0 Å². The molecule has 3 rings (SSSR count). The van der Waals surface area contributed by atoms with E-state index in [1.165, 1.54) is 12.1 Å². The van der Waals surface area contributed by atoms with E-state index < -0.39 is 23.4 Å². The lowest BCUT2D eigenvalue weighted by Gasteiger charge is -2.09. The summed E-state index contributed by atoms with van der Waals surface area (Å²) in [5, 5.41) is 13.6. The highest BCUT2D eigenvalue weighted by atomic mass is 16.6. The van der Waals surface area contributed by atoms with Gasteiger partial charge < -0.3 is 14.5 Å². The molecule has 2 aromatic carbocycles.